The van der Waals surface area contributed by atoms with E-state index in [1.807, 2.05) is 18.2 Å². The topological polar surface area (TPSA) is 47.3 Å². The van der Waals surface area contributed by atoms with Crippen LogP contribution in [0.2, 0.25) is 0 Å². The summed E-state index contributed by atoms with van der Waals surface area (Å²) in [4.78, 5) is 0. The molecule has 1 aromatic carbocycles. The van der Waals surface area contributed by atoms with Gasteiger partial charge in [-0.1, -0.05) is 15.9 Å². The molecule has 0 bridgehead atoms. The summed E-state index contributed by atoms with van der Waals surface area (Å²) >= 11 is 3.42. The van der Waals surface area contributed by atoms with Crippen LogP contribution < -0.4 is 15.8 Å². The first-order valence-corrected chi connectivity index (χ1v) is 5.43. The number of rotatable bonds is 1. The van der Waals surface area contributed by atoms with Crippen molar-refractivity contribution >= 4 is 21.6 Å². The van der Waals surface area contributed by atoms with Crippen LogP contribution in [0, 0.1) is 0 Å². The van der Waals surface area contributed by atoms with E-state index in [2.05, 4.69) is 28.2 Å². The Kier molecular flexibility index (Phi) is 2.65. The summed E-state index contributed by atoms with van der Waals surface area (Å²) in [5.74, 6) is 0.877. The lowest BCUT2D eigenvalue weighted by atomic mass is 10.1. The maximum absolute atomic E-state index is 5.74. The van der Waals surface area contributed by atoms with E-state index in [0.29, 0.717) is 6.54 Å². The second kappa shape index (κ2) is 3.79. The standard InChI is InChI=1S/C10H13BrN2O/c1-6-10(5-12)14-9-3-2-7(11)4-8(9)13-6/h2-4,6,10,13H,5,12H2,1H3. The minimum atomic E-state index is 0.0590. The molecule has 76 valence electrons. The molecular formula is C10H13BrN2O. The number of nitrogens with two attached hydrogens (primary N) is 1. The molecule has 0 fully saturated rings. The van der Waals surface area contributed by atoms with E-state index in [-0.39, 0.29) is 12.1 Å². The largest absolute Gasteiger partial charge is 0.485 e. The summed E-state index contributed by atoms with van der Waals surface area (Å²) in [6, 6.07) is 6.17. The SMILES string of the molecule is CC1Nc2cc(Br)ccc2OC1CN. The molecule has 1 aliphatic heterocycles. The second-order valence-electron chi connectivity index (χ2n) is 3.47. The number of hydrogen-bond acceptors (Lipinski definition) is 3. The van der Waals surface area contributed by atoms with Gasteiger partial charge in [-0.2, -0.15) is 0 Å². The molecule has 2 unspecified atom stereocenters. The maximum Gasteiger partial charge on any atom is 0.143 e. The zero-order valence-corrected chi connectivity index (χ0v) is 9.54. The Labute approximate surface area is 91.8 Å². The van der Waals surface area contributed by atoms with Crippen molar-refractivity contribution < 1.29 is 4.74 Å². The third-order valence-corrected chi connectivity index (χ3v) is 2.89. The molecular weight excluding hydrogens is 244 g/mol. The number of ether oxygens (including phenoxy) is 1. The van der Waals surface area contributed by atoms with Gasteiger partial charge in [0.15, 0.2) is 0 Å². The van der Waals surface area contributed by atoms with Crippen molar-refractivity contribution in [1.82, 2.24) is 0 Å². The molecule has 1 heterocycles. The van der Waals surface area contributed by atoms with Crippen molar-refractivity contribution in [2.24, 2.45) is 5.73 Å². The van der Waals surface area contributed by atoms with E-state index in [9.17, 15) is 0 Å². The lowest BCUT2D eigenvalue weighted by Gasteiger charge is -2.32. The smallest absolute Gasteiger partial charge is 0.143 e. The summed E-state index contributed by atoms with van der Waals surface area (Å²) < 4.78 is 6.79. The normalized spacial score (nSPS) is 24.8. The second-order valence-corrected chi connectivity index (χ2v) is 4.38. The minimum absolute atomic E-state index is 0.0590. The Morgan fingerprint density at radius 3 is 3.07 bits per heavy atom. The highest BCUT2D eigenvalue weighted by Gasteiger charge is 2.24. The Balaban J connectivity index is 2.30. The van der Waals surface area contributed by atoms with Gasteiger partial charge in [-0.15, -0.1) is 0 Å². The van der Waals surface area contributed by atoms with Gasteiger partial charge in [0, 0.05) is 11.0 Å². The van der Waals surface area contributed by atoms with Gasteiger partial charge in [-0.3, -0.25) is 0 Å². The monoisotopic (exact) mass is 256 g/mol. The fourth-order valence-electron chi connectivity index (χ4n) is 1.57. The Morgan fingerprint density at radius 1 is 1.57 bits per heavy atom. The van der Waals surface area contributed by atoms with Crippen LogP contribution in [0.1, 0.15) is 6.92 Å². The van der Waals surface area contributed by atoms with Crippen molar-refractivity contribution in [3.63, 3.8) is 0 Å². The van der Waals surface area contributed by atoms with E-state index in [1.54, 1.807) is 0 Å². The summed E-state index contributed by atoms with van der Waals surface area (Å²) in [6.45, 7) is 2.60. The fourth-order valence-corrected chi connectivity index (χ4v) is 1.93. The lowest BCUT2D eigenvalue weighted by molar-refractivity contribution is 0.182. The fraction of sp³-hybridized carbons (Fsp3) is 0.400. The van der Waals surface area contributed by atoms with Crippen LogP contribution in [0.5, 0.6) is 5.75 Å². The molecule has 1 aromatic rings. The van der Waals surface area contributed by atoms with E-state index < -0.39 is 0 Å². The van der Waals surface area contributed by atoms with Gasteiger partial charge in [0.25, 0.3) is 0 Å². The third-order valence-electron chi connectivity index (χ3n) is 2.39. The summed E-state index contributed by atoms with van der Waals surface area (Å²) in [5.41, 5.74) is 6.63. The van der Waals surface area contributed by atoms with Crippen LogP contribution in [0.3, 0.4) is 0 Å². The van der Waals surface area contributed by atoms with Gasteiger partial charge in [-0.05, 0) is 25.1 Å². The first kappa shape index (κ1) is 9.80. The zero-order valence-electron chi connectivity index (χ0n) is 7.96. The molecule has 0 saturated heterocycles. The van der Waals surface area contributed by atoms with Crippen LogP contribution in [-0.2, 0) is 0 Å². The van der Waals surface area contributed by atoms with Gasteiger partial charge in [0.1, 0.15) is 11.9 Å². The quantitative estimate of drug-likeness (QED) is 0.808. The molecule has 0 aromatic heterocycles. The van der Waals surface area contributed by atoms with Crippen LogP contribution in [0.15, 0.2) is 22.7 Å². The molecule has 3 N–H and O–H groups in total. The van der Waals surface area contributed by atoms with Crippen LogP contribution in [0.25, 0.3) is 0 Å². The molecule has 1 aliphatic rings. The lowest BCUT2D eigenvalue weighted by Crippen LogP contribution is -2.44. The highest BCUT2D eigenvalue weighted by atomic mass is 79.9. The summed E-state index contributed by atoms with van der Waals surface area (Å²) in [5, 5.41) is 3.37. The number of hydrogen-bond donors (Lipinski definition) is 2. The predicted molar refractivity (Wildman–Crippen MR) is 60.7 cm³/mol. The summed E-state index contributed by atoms with van der Waals surface area (Å²) in [7, 11) is 0. The van der Waals surface area contributed by atoms with Crippen molar-refractivity contribution in [3.8, 4) is 5.75 Å². The van der Waals surface area contributed by atoms with E-state index in [0.717, 1.165) is 15.9 Å². The number of anilines is 1. The maximum atomic E-state index is 5.74. The third kappa shape index (κ3) is 1.72. The Bertz CT molecular complexity index is 343. The molecule has 0 spiro atoms. The van der Waals surface area contributed by atoms with Crippen molar-refractivity contribution in [1.29, 1.82) is 0 Å². The van der Waals surface area contributed by atoms with Crippen molar-refractivity contribution in [3.05, 3.63) is 22.7 Å². The molecule has 3 nitrogen and oxygen atoms in total. The first-order chi connectivity index (χ1) is 6.70. The van der Waals surface area contributed by atoms with E-state index in [1.165, 1.54) is 0 Å². The van der Waals surface area contributed by atoms with Gasteiger partial charge in [0.05, 0.1) is 11.7 Å². The molecule has 0 aliphatic carbocycles. The van der Waals surface area contributed by atoms with Gasteiger partial charge < -0.3 is 15.8 Å². The highest BCUT2D eigenvalue weighted by molar-refractivity contribution is 9.10. The predicted octanol–water partition coefficient (Wildman–Crippen LogP) is 1.97. The van der Waals surface area contributed by atoms with Crippen molar-refractivity contribution in [2.75, 3.05) is 11.9 Å². The number of nitrogens with one attached hydrogen (secondary N) is 1. The minimum Gasteiger partial charge on any atom is -0.485 e. The van der Waals surface area contributed by atoms with Crippen LogP contribution in [0.4, 0.5) is 5.69 Å². The Hall–Kier alpha value is -0.740. The van der Waals surface area contributed by atoms with Crippen LogP contribution >= 0.6 is 15.9 Å². The number of benzene rings is 1. The number of halogens is 1. The van der Waals surface area contributed by atoms with Gasteiger partial charge in [-0.25, -0.2) is 0 Å². The Morgan fingerprint density at radius 2 is 2.36 bits per heavy atom. The molecule has 0 amide bonds. The van der Waals surface area contributed by atoms with E-state index >= 15 is 0 Å². The van der Waals surface area contributed by atoms with Crippen molar-refractivity contribution in [2.45, 2.75) is 19.1 Å². The van der Waals surface area contributed by atoms with Crippen LogP contribution in [-0.4, -0.2) is 18.7 Å². The zero-order chi connectivity index (χ0) is 10.1. The molecule has 2 atom stereocenters. The van der Waals surface area contributed by atoms with Gasteiger partial charge >= 0.3 is 0 Å². The number of fused-ring (bicyclic) bond motifs is 1. The van der Waals surface area contributed by atoms with E-state index in [4.69, 9.17) is 10.5 Å². The first-order valence-electron chi connectivity index (χ1n) is 4.63. The van der Waals surface area contributed by atoms with Gasteiger partial charge in [0.2, 0.25) is 0 Å². The average Bonchev–Trinajstić information content (AvgIpc) is 2.16. The average molecular weight is 257 g/mol. The molecule has 0 saturated carbocycles. The molecule has 2 rings (SSSR count). The molecule has 0 radical (unpaired) electrons. The summed E-state index contributed by atoms with van der Waals surface area (Å²) in [6.07, 6.45) is 0.0590. The molecule has 4 heteroatoms. The molecule has 14 heavy (non-hydrogen) atoms. The highest BCUT2D eigenvalue weighted by Crippen LogP contribution is 2.33.